The van der Waals surface area contributed by atoms with Crippen molar-refractivity contribution < 1.29 is 9.53 Å². The van der Waals surface area contributed by atoms with Gasteiger partial charge in [-0.2, -0.15) is 9.78 Å². The van der Waals surface area contributed by atoms with Crippen LogP contribution in [0.3, 0.4) is 0 Å². The van der Waals surface area contributed by atoms with Crippen molar-refractivity contribution in [1.29, 1.82) is 0 Å². The quantitative estimate of drug-likeness (QED) is 0.537. The highest BCUT2D eigenvalue weighted by Gasteiger charge is 2.14. The van der Waals surface area contributed by atoms with Gasteiger partial charge in [-0.3, -0.25) is 0 Å². The van der Waals surface area contributed by atoms with Crippen LogP contribution >= 0.6 is 0 Å². The second-order valence-electron chi connectivity index (χ2n) is 4.82. The average Bonchev–Trinajstić information content (AvgIpc) is 2.99. The third kappa shape index (κ3) is 2.00. The third-order valence-corrected chi connectivity index (χ3v) is 3.47. The Labute approximate surface area is 125 Å². The average molecular weight is 289 g/mol. The molecule has 5 nitrogen and oxygen atoms in total. The highest BCUT2D eigenvalue weighted by atomic mass is 16.6. The van der Waals surface area contributed by atoms with Gasteiger partial charge in [-0.05, 0) is 23.6 Å². The number of ether oxygens (including phenoxy) is 1. The number of aromatic nitrogens is 3. The van der Waals surface area contributed by atoms with Gasteiger partial charge in [-0.25, -0.2) is 9.78 Å². The number of fused-ring (bicyclic) bond motifs is 2. The van der Waals surface area contributed by atoms with Crippen LogP contribution in [0.25, 0.3) is 21.7 Å². The van der Waals surface area contributed by atoms with Gasteiger partial charge < -0.3 is 4.74 Å². The fourth-order valence-electron chi connectivity index (χ4n) is 2.42. The summed E-state index contributed by atoms with van der Waals surface area (Å²) in [5.74, 6) is 0.280. The Kier molecular flexibility index (Phi) is 2.83. The lowest BCUT2D eigenvalue weighted by molar-refractivity contribution is 0.199. The fourth-order valence-corrected chi connectivity index (χ4v) is 2.42. The molecule has 106 valence electrons. The lowest BCUT2D eigenvalue weighted by Gasteiger charge is -2.06. The molecule has 0 aliphatic heterocycles. The van der Waals surface area contributed by atoms with Crippen molar-refractivity contribution in [2.24, 2.45) is 0 Å². The number of hydrogen-bond donors (Lipinski definition) is 0. The lowest BCUT2D eigenvalue weighted by atomic mass is 10.2. The molecular weight excluding hydrogens is 278 g/mol. The molecule has 2 heterocycles. The van der Waals surface area contributed by atoms with E-state index in [4.69, 9.17) is 4.74 Å². The number of carbonyl (C=O) groups is 1. The van der Waals surface area contributed by atoms with Crippen molar-refractivity contribution in [1.82, 2.24) is 14.8 Å². The Balaban J connectivity index is 1.75. The molecule has 0 unspecified atom stereocenters. The molecule has 0 fully saturated rings. The number of benzene rings is 2. The normalized spacial score (nSPS) is 10.9. The number of para-hydroxylation sites is 1. The number of pyridine rings is 1. The van der Waals surface area contributed by atoms with Crippen molar-refractivity contribution in [3.05, 3.63) is 67.0 Å². The van der Waals surface area contributed by atoms with E-state index in [-0.39, 0.29) is 5.88 Å². The first-order chi connectivity index (χ1) is 10.8. The molecule has 0 atom stereocenters. The van der Waals surface area contributed by atoms with E-state index < -0.39 is 6.09 Å². The van der Waals surface area contributed by atoms with Gasteiger partial charge in [-0.1, -0.05) is 36.4 Å². The molecule has 0 spiro atoms. The summed E-state index contributed by atoms with van der Waals surface area (Å²) >= 11 is 0. The summed E-state index contributed by atoms with van der Waals surface area (Å²) in [6.45, 7) is 0. The number of carbonyl (C=O) groups excluding carboxylic acids is 1. The van der Waals surface area contributed by atoms with Crippen LogP contribution in [-0.4, -0.2) is 20.9 Å². The summed E-state index contributed by atoms with van der Waals surface area (Å²) < 4.78 is 6.67. The Hall–Kier alpha value is -3.21. The Morgan fingerprint density at radius 1 is 0.955 bits per heavy atom. The molecule has 0 amide bonds. The van der Waals surface area contributed by atoms with Gasteiger partial charge in [0.05, 0.1) is 11.7 Å². The Morgan fingerprint density at radius 3 is 2.64 bits per heavy atom. The number of hydrogen-bond acceptors (Lipinski definition) is 4. The monoisotopic (exact) mass is 289 g/mol. The van der Waals surface area contributed by atoms with Gasteiger partial charge in [0.1, 0.15) is 0 Å². The van der Waals surface area contributed by atoms with Gasteiger partial charge in [0.25, 0.3) is 0 Å². The summed E-state index contributed by atoms with van der Waals surface area (Å²) in [4.78, 5) is 16.5. The van der Waals surface area contributed by atoms with Crippen LogP contribution in [0.5, 0.6) is 5.88 Å². The summed E-state index contributed by atoms with van der Waals surface area (Å²) in [7, 11) is 0. The van der Waals surface area contributed by atoms with Crippen molar-refractivity contribution in [2.45, 2.75) is 0 Å². The maximum Gasteiger partial charge on any atom is 0.442 e. The molecule has 0 saturated carbocycles. The molecule has 2 aromatic carbocycles. The molecule has 22 heavy (non-hydrogen) atoms. The van der Waals surface area contributed by atoms with E-state index in [9.17, 15) is 4.79 Å². The highest BCUT2D eigenvalue weighted by Crippen LogP contribution is 2.23. The Morgan fingerprint density at radius 2 is 1.73 bits per heavy atom. The third-order valence-electron chi connectivity index (χ3n) is 3.47. The number of nitrogens with zero attached hydrogens (tertiary/aromatic N) is 3. The molecule has 0 N–H and O–H groups in total. The summed E-state index contributed by atoms with van der Waals surface area (Å²) in [5.41, 5.74) is 0.702. The maximum absolute atomic E-state index is 12.4. The van der Waals surface area contributed by atoms with E-state index in [1.165, 1.54) is 4.68 Å². The standard InChI is InChI=1S/C17H11N3O2/c21-17(20-15-8-4-2-6-13(15)11-19-20)22-16-14-7-3-1-5-12(14)9-10-18-16/h1-11H. The first-order valence-electron chi connectivity index (χ1n) is 6.81. The fraction of sp³-hybridized carbons (Fsp3) is 0. The summed E-state index contributed by atoms with van der Waals surface area (Å²) in [6, 6.07) is 16.9. The zero-order chi connectivity index (χ0) is 14.9. The minimum atomic E-state index is -0.579. The van der Waals surface area contributed by atoms with Crippen LogP contribution in [0.4, 0.5) is 4.79 Å². The van der Waals surface area contributed by atoms with Gasteiger partial charge in [0, 0.05) is 17.0 Å². The van der Waals surface area contributed by atoms with Crippen molar-refractivity contribution in [3.63, 3.8) is 0 Å². The highest BCUT2D eigenvalue weighted by molar-refractivity contribution is 5.91. The van der Waals surface area contributed by atoms with Gasteiger partial charge >= 0.3 is 6.09 Å². The predicted octanol–water partition coefficient (Wildman–Crippen LogP) is 3.63. The molecule has 4 rings (SSSR count). The zero-order valence-corrected chi connectivity index (χ0v) is 11.5. The molecule has 0 bridgehead atoms. The van der Waals surface area contributed by atoms with Crippen LogP contribution in [-0.2, 0) is 0 Å². The SMILES string of the molecule is O=C(Oc1nccc2ccccc12)n1ncc2ccccc21. The first-order valence-corrected chi connectivity index (χ1v) is 6.81. The molecule has 4 aromatic rings. The van der Waals surface area contributed by atoms with E-state index in [1.54, 1.807) is 12.4 Å². The van der Waals surface area contributed by atoms with E-state index in [0.29, 0.717) is 5.52 Å². The first kappa shape index (κ1) is 12.5. The van der Waals surface area contributed by atoms with E-state index in [2.05, 4.69) is 10.1 Å². The van der Waals surface area contributed by atoms with Gasteiger partial charge in [-0.15, -0.1) is 0 Å². The largest absolute Gasteiger partial charge is 0.442 e. The summed E-state index contributed by atoms with van der Waals surface area (Å²) in [6.07, 6.45) is 2.67. The molecule has 2 aromatic heterocycles. The van der Waals surface area contributed by atoms with E-state index in [1.807, 2.05) is 54.6 Å². The van der Waals surface area contributed by atoms with E-state index >= 15 is 0 Å². The van der Waals surface area contributed by atoms with Crippen LogP contribution in [0.1, 0.15) is 0 Å². The smallest absolute Gasteiger partial charge is 0.389 e. The minimum absolute atomic E-state index is 0.280. The maximum atomic E-state index is 12.4. The van der Waals surface area contributed by atoms with Gasteiger partial charge in [0.15, 0.2) is 0 Å². The number of rotatable bonds is 1. The molecular formula is C17H11N3O2. The predicted molar refractivity (Wildman–Crippen MR) is 82.9 cm³/mol. The van der Waals surface area contributed by atoms with Crippen LogP contribution < -0.4 is 4.74 Å². The Bertz CT molecular complexity index is 986. The second kappa shape index (κ2) is 4.96. The van der Waals surface area contributed by atoms with E-state index in [0.717, 1.165) is 16.2 Å². The zero-order valence-electron chi connectivity index (χ0n) is 11.5. The van der Waals surface area contributed by atoms with Crippen molar-refractivity contribution in [3.8, 4) is 5.88 Å². The van der Waals surface area contributed by atoms with Gasteiger partial charge in [0.2, 0.25) is 5.88 Å². The topological polar surface area (TPSA) is 57.0 Å². The molecule has 0 aliphatic rings. The van der Waals surface area contributed by atoms with Crippen molar-refractivity contribution >= 4 is 27.8 Å². The summed E-state index contributed by atoms with van der Waals surface area (Å²) in [5, 5.41) is 6.72. The molecule has 5 heteroatoms. The molecule has 0 radical (unpaired) electrons. The van der Waals surface area contributed by atoms with Crippen molar-refractivity contribution in [2.75, 3.05) is 0 Å². The van der Waals surface area contributed by atoms with Crippen LogP contribution in [0.2, 0.25) is 0 Å². The minimum Gasteiger partial charge on any atom is -0.389 e. The molecule has 0 aliphatic carbocycles. The lowest BCUT2D eigenvalue weighted by Crippen LogP contribution is -2.18. The van der Waals surface area contributed by atoms with Crippen LogP contribution in [0, 0.1) is 0 Å². The second-order valence-corrected chi connectivity index (χ2v) is 4.82. The van der Waals surface area contributed by atoms with Crippen LogP contribution in [0.15, 0.2) is 67.0 Å². The molecule has 0 saturated heterocycles.